The number of para-hydroxylation sites is 2. The Morgan fingerprint density at radius 2 is 1.11 bits per heavy atom. The Kier molecular flexibility index (Phi) is 4.42. The van der Waals surface area contributed by atoms with Crippen molar-refractivity contribution in [3.63, 3.8) is 0 Å². The second-order valence-corrected chi connectivity index (χ2v) is 7.02. The molecule has 0 aliphatic carbocycles. The van der Waals surface area contributed by atoms with Gasteiger partial charge in [0.15, 0.2) is 0 Å². The lowest BCUT2D eigenvalue weighted by Crippen LogP contribution is -2.33. The summed E-state index contributed by atoms with van der Waals surface area (Å²) in [6.45, 7) is 4.28. The molecule has 0 fully saturated rings. The third kappa shape index (κ3) is 3.63. The highest BCUT2D eigenvalue weighted by atomic mass is 28.3. The predicted molar refractivity (Wildman–Crippen MR) is 76.4 cm³/mol. The van der Waals surface area contributed by atoms with Crippen molar-refractivity contribution in [3.8, 4) is 11.5 Å². The highest BCUT2D eigenvalue weighted by molar-refractivity contribution is 6.48. The molecule has 0 aliphatic rings. The van der Waals surface area contributed by atoms with E-state index in [4.69, 9.17) is 8.85 Å². The lowest BCUT2D eigenvalue weighted by molar-refractivity contribution is 0.409. The van der Waals surface area contributed by atoms with Gasteiger partial charge in [-0.15, -0.1) is 0 Å². The summed E-state index contributed by atoms with van der Waals surface area (Å²) < 4.78 is 12.0. The van der Waals surface area contributed by atoms with Crippen molar-refractivity contribution in [2.75, 3.05) is 0 Å². The van der Waals surface area contributed by atoms with E-state index in [1.165, 1.54) is 0 Å². The van der Waals surface area contributed by atoms with Gasteiger partial charge in [-0.05, 0) is 24.3 Å². The molecule has 2 nitrogen and oxygen atoms in total. The monoisotopic (exact) mass is 258 g/mol. The Hall–Kier alpha value is -1.74. The van der Waals surface area contributed by atoms with Gasteiger partial charge in [0.1, 0.15) is 11.5 Å². The lowest BCUT2D eigenvalue weighted by atomic mass is 10.3. The molecule has 2 aromatic rings. The molecule has 0 aliphatic heterocycles. The molecule has 0 radical (unpaired) electrons. The Balaban J connectivity index is 2.05. The van der Waals surface area contributed by atoms with Crippen LogP contribution >= 0.6 is 0 Å². The maximum atomic E-state index is 6.00. The zero-order chi connectivity index (χ0) is 12.8. The van der Waals surface area contributed by atoms with E-state index in [1.54, 1.807) is 0 Å². The fraction of sp³-hybridized carbons (Fsp3) is 0.200. The highest BCUT2D eigenvalue weighted by Crippen LogP contribution is 2.19. The Morgan fingerprint density at radius 1 is 0.722 bits per heavy atom. The molecule has 3 heteroatoms. The molecular weight excluding hydrogens is 240 g/mol. The first kappa shape index (κ1) is 12.7. The van der Waals surface area contributed by atoms with E-state index in [-0.39, 0.29) is 0 Å². The maximum Gasteiger partial charge on any atom is 0.446 e. The second kappa shape index (κ2) is 6.26. The number of hydrogen-bond donors (Lipinski definition) is 0. The Bertz CT molecular complexity index is 415. The zero-order valence-corrected chi connectivity index (χ0v) is 11.9. The lowest BCUT2D eigenvalue weighted by Gasteiger charge is -2.21. The minimum Gasteiger partial charge on any atom is -0.514 e. The smallest absolute Gasteiger partial charge is 0.446 e. The molecule has 0 saturated carbocycles. The molecule has 0 heterocycles. The molecule has 0 bridgehead atoms. The van der Waals surface area contributed by atoms with Crippen LogP contribution in [0.3, 0.4) is 0 Å². The van der Waals surface area contributed by atoms with E-state index >= 15 is 0 Å². The summed E-state index contributed by atoms with van der Waals surface area (Å²) in [5.74, 6) is 1.78. The van der Waals surface area contributed by atoms with Gasteiger partial charge in [0.25, 0.3) is 0 Å². The minimum atomic E-state index is -1.76. The van der Waals surface area contributed by atoms with Crippen LogP contribution in [0.2, 0.25) is 5.54 Å². The molecule has 0 atom stereocenters. The van der Waals surface area contributed by atoms with Gasteiger partial charge in [-0.3, -0.25) is 0 Å². The van der Waals surface area contributed by atoms with Crippen LogP contribution in [0.1, 0.15) is 13.8 Å². The van der Waals surface area contributed by atoms with Crippen LogP contribution in [0.25, 0.3) is 0 Å². The molecule has 0 saturated heterocycles. The van der Waals surface area contributed by atoms with Crippen LogP contribution in [0.15, 0.2) is 60.7 Å². The van der Waals surface area contributed by atoms with Crippen LogP contribution in [0.5, 0.6) is 11.5 Å². The molecule has 0 unspecified atom stereocenters. The SMILES string of the molecule is CC(C)[SiH](Oc1ccccc1)Oc1ccccc1. The van der Waals surface area contributed by atoms with Gasteiger partial charge in [0.05, 0.1) is 0 Å². The van der Waals surface area contributed by atoms with Crippen molar-refractivity contribution >= 4 is 9.28 Å². The number of benzene rings is 2. The average Bonchev–Trinajstić information content (AvgIpc) is 2.40. The summed E-state index contributed by atoms with van der Waals surface area (Å²) in [5, 5.41) is 0. The van der Waals surface area contributed by atoms with Gasteiger partial charge in [0.2, 0.25) is 0 Å². The van der Waals surface area contributed by atoms with E-state index < -0.39 is 9.28 Å². The van der Waals surface area contributed by atoms with E-state index in [0.717, 1.165) is 11.5 Å². The molecule has 0 aromatic heterocycles. The number of hydrogen-bond acceptors (Lipinski definition) is 2. The van der Waals surface area contributed by atoms with Gasteiger partial charge in [-0.25, -0.2) is 0 Å². The van der Waals surface area contributed by atoms with Gasteiger partial charge < -0.3 is 8.85 Å². The van der Waals surface area contributed by atoms with Crippen LogP contribution < -0.4 is 8.85 Å². The van der Waals surface area contributed by atoms with Gasteiger partial charge in [-0.1, -0.05) is 50.2 Å². The van der Waals surface area contributed by atoms with Gasteiger partial charge in [-0.2, -0.15) is 0 Å². The summed E-state index contributed by atoms with van der Waals surface area (Å²) in [6, 6.07) is 19.7. The van der Waals surface area contributed by atoms with E-state index in [9.17, 15) is 0 Å². The summed E-state index contributed by atoms with van der Waals surface area (Å²) in [4.78, 5) is 0. The largest absolute Gasteiger partial charge is 0.514 e. The van der Waals surface area contributed by atoms with Gasteiger partial charge >= 0.3 is 9.28 Å². The van der Waals surface area contributed by atoms with Crippen molar-refractivity contribution in [3.05, 3.63) is 60.7 Å². The first-order valence-corrected chi connectivity index (χ1v) is 7.80. The molecular formula is C15H18O2Si. The molecule has 94 valence electrons. The van der Waals surface area contributed by atoms with E-state index in [0.29, 0.717) is 5.54 Å². The van der Waals surface area contributed by atoms with Crippen LogP contribution in [0, 0.1) is 0 Å². The molecule has 0 N–H and O–H groups in total. The molecule has 0 spiro atoms. The maximum absolute atomic E-state index is 6.00. The standard InChI is InChI=1S/C15H18O2Si/c1-13(2)18(16-14-9-5-3-6-10-14)17-15-11-7-4-8-12-15/h3-13,18H,1-2H3. The first-order chi connectivity index (χ1) is 8.75. The fourth-order valence-corrected chi connectivity index (χ4v) is 3.01. The Labute approximate surface area is 110 Å². The zero-order valence-electron chi connectivity index (χ0n) is 10.7. The van der Waals surface area contributed by atoms with Gasteiger partial charge in [0, 0.05) is 5.54 Å². The predicted octanol–water partition coefficient (Wildman–Crippen LogP) is 3.77. The molecule has 18 heavy (non-hydrogen) atoms. The summed E-state index contributed by atoms with van der Waals surface area (Å²) in [5.41, 5.74) is 0.408. The van der Waals surface area contributed by atoms with Crippen LogP contribution in [-0.4, -0.2) is 9.28 Å². The quantitative estimate of drug-likeness (QED) is 0.760. The van der Waals surface area contributed by atoms with Crippen molar-refractivity contribution < 1.29 is 8.85 Å². The second-order valence-electron chi connectivity index (χ2n) is 4.47. The Morgan fingerprint density at radius 3 is 1.44 bits per heavy atom. The summed E-state index contributed by atoms with van der Waals surface area (Å²) in [7, 11) is -1.76. The fourth-order valence-electron chi connectivity index (χ4n) is 1.56. The summed E-state index contributed by atoms with van der Waals surface area (Å²) >= 11 is 0. The highest BCUT2D eigenvalue weighted by Gasteiger charge is 2.22. The van der Waals surface area contributed by atoms with Crippen molar-refractivity contribution in [2.45, 2.75) is 19.4 Å². The summed E-state index contributed by atoms with van der Waals surface area (Å²) in [6.07, 6.45) is 0. The average molecular weight is 258 g/mol. The normalized spacial score (nSPS) is 10.7. The van der Waals surface area contributed by atoms with Crippen LogP contribution in [0.4, 0.5) is 0 Å². The molecule has 0 amide bonds. The third-order valence-corrected chi connectivity index (χ3v) is 4.63. The topological polar surface area (TPSA) is 18.5 Å². The van der Waals surface area contributed by atoms with Crippen molar-refractivity contribution in [2.24, 2.45) is 0 Å². The van der Waals surface area contributed by atoms with E-state index in [1.807, 2.05) is 60.7 Å². The molecule has 2 aromatic carbocycles. The minimum absolute atomic E-state index is 0.408. The van der Waals surface area contributed by atoms with Crippen molar-refractivity contribution in [1.29, 1.82) is 0 Å². The van der Waals surface area contributed by atoms with E-state index in [2.05, 4.69) is 13.8 Å². The number of rotatable bonds is 5. The molecule has 2 rings (SSSR count). The van der Waals surface area contributed by atoms with Crippen molar-refractivity contribution in [1.82, 2.24) is 0 Å². The van der Waals surface area contributed by atoms with Crippen LogP contribution in [-0.2, 0) is 0 Å². The first-order valence-electron chi connectivity index (χ1n) is 6.19. The third-order valence-electron chi connectivity index (χ3n) is 2.54.